The van der Waals surface area contributed by atoms with Crippen LogP contribution in [0, 0.1) is 0 Å². The van der Waals surface area contributed by atoms with Crippen LogP contribution in [0.25, 0.3) is 0 Å². The van der Waals surface area contributed by atoms with E-state index in [4.69, 9.17) is 0 Å². The summed E-state index contributed by atoms with van der Waals surface area (Å²) in [6.45, 7) is 11.9. The SMILES string of the molecule is CCNC1CCCCC1N1CCN(CC)CC1. The van der Waals surface area contributed by atoms with Crippen molar-refractivity contribution in [2.24, 2.45) is 0 Å². The molecule has 2 unspecified atom stereocenters. The number of likely N-dealkylation sites (N-methyl/N-ethyl adjacent to an activating group) is 2. The third kappa shape index (κ3) is 3.43. The molecular formula is C14H29N3. The number of nitrogens with one attached hydrogen (secondary N) is 1. The summed E-state index contributed by atoms with van der Waals surface area (Å²) < 4.78 is 0. The largest absolute Gasteiger partial charge is 0.313 e. The molecule has 0 aromatic rings. The van der Waals surface area contributed by atoms with Crippen molar-refractivity contribution in [3.63, 3.8) is 0 Å². The molecule has 1 aliphatic heterocycles. The maximum atomic E-state index is 3.70. The van der Waals surface area contributed by atoms with Crippen molar-refractivity contribution >= 4 is 0 Å². The molecule has 1 saturated heterocycles. The molecule has 100 valence electrons. The fraction of sp³-hybridized carbons (Fsp3) is 1.00. The van der Waals surface area contributed by atoms with Crippen molar-refractivity contribution < 1.29 is 0 Å². The van der Waals surface area contributed by atoms with Gasteiger partial charge in [0.05, 0.1) is 0 Å². The first-order valence-electron chi connectivity index (χ1n) is 7.55. The van der Waals surface area contributed by atoms with E-state index in [-0.39, 0.29) is 0 Å². The Morgan fingerprint density at radius 3 is 2.35 bits per heavy atom. The molecule has 0 radical (unpaired) electrons. The predicted octanol–water partition coefficient (Wildman–Crippen LogP) is 1.54. The van der Waals surface area contributed by atoms with E-state index in [9.17, 15) is 0 Å². The van der Waals surface area contributed by atoms with Crippen LogP contribution in [-0.2, 0) is 0 Å². The molecule has 2 atom stereocenters. The van der Waals surface area contributed by atoms with Crippen LogP contribution in [0.1, 0.15) is 39.5 Å². The van der Waals surface area contributed by atoms with Crippen molar-refractivity contribution in [3.05, 3.63) is 0 Å². The highest BCUT2D eigenvalue weighted by molar-refractivity contribution is 4.90. The summed E-state index contributed by atoms with van der Waals surface area (Å²) in [6, 6.07) is 1.56. The topological polar surface area (TPSA) is 18.5 Å². The second-order valence-electron chi connectivity index (χ2n) is 5.49. The van der Waals surface area contributed by atoms with Gasteiger partial charge in [0, 0.05) is 38.3 Å². The summed E-state index contributed by atoms with van der Waals surface area (Å²) in [4.78, 5) is 5.32. The van der Waals surface area contributed by atoms with Gasteiger partial charge in [-0.2, -0.15) is 0 Å². The van der Waals surface area contributed by atoms with Crippen LogP contribution in [0.5, 0.6) is 0 Å². The van der Waals surface area contributed by atoms with E-state index in [1.165, 1.54) is 58.4 Å². The predicted molar refractivity (Wildman–Crippen MR) is 73.4 cm³/mol. The maximum Gasteiger partial charge on any atom is 0.0250 e. The Bertz CT molecular complexity index is 210. The van der Waals surface area contributed by atoms with E-state index in [1.807, 2.05) is 0 Å². The summed E-state index contributed by atoms with van der Waals surface area (Å²) in [5.74, 6) is 0. The molecule has 17 heavy (non-hydrogen) atoms. The lowest BCUT2D eigenvalue weighted by atomic mass is 9.88. The number of hydrogen-bond donors (Lipinski definition) is 1. The smallest absolute Gasteiger partial charge is 0.0250 e. The molecule has 0 aromatic heterocycles. The van der Waals surface area contributed by atoms with E-state index in [1.54, 1.807) is 0 Å². The molecular weight excluding hydrogens is 210 g/mol. The monoisotopic (exact) mass is 239 g/mol. The van der Waals surface area contributed by atoms with E-state index in [0.29, 0.717) is 0 Å². The summed E-state index contributed by atoms with van der Waals surface area (Å²) in [6.07, 6.45) is 5.64. The normalized spacial score (nSPS) is 32.8. The Hall–Kier alpha value is -0.120. The fourth-order valence-corrected chi connectivity index (χ4v) is 3.46. The molecule has 0 aromatic carbocycles. The maximum absolute atomic E-state index is 3.70. The molecule has 3 nitrogen and oxygen atoms in total. The first-order chi connectivity index (χ1) is 8.35. The van der Waals surface area contributed by atoms with Crippen LogP contribution in [0.3, 0.4) is 0 Å². The molecule has 2 fully saturated rings. The van der Waals surface area contributed by atoms with Crippen LogP contribution in [-0.4, -0.2) is 61.2 Å². The minimum atomic E-state index is 0.752. The van der Waals surface area contributed by atoms with E-state index in [0.717, 1.165) is 18.6 Å². The van der Waals surface area contributed by atoms with E-state index < -0.39 is 0 Å². The van der Waals surface area contributed by atoms with Crippen molar-refractivity contribution in [1.82, 2.24) is 15.1 Å². The van der Waals surface area contributed by atoms with Crippen LogP contribution < -0.4 is 5.32 Å². The van der Waals surface area contributed by atoms with Crippen molar-refractivity contribution in [1.29, 1.82) is 0 Å². The number of hydrogen-bond acceptors (Lipinski definition) is 3. The highest BCUT2D eigenvalue weighted by Crippen LogP contribution is 2.24. The quantitative estimate of drug-likeness (QED) is 0.803. The first kappa shape index (κ1) is 13.3. The Kier molecular flexibility index (Phi) is 5.26. The van der Waals surface area contributed by atoms with Gasteiger partial charge in [-0.25, -0.2) is 0 Å². The van der Waals surface area contributed by atoms with Gasteiger partial charge in [0.25, 0.3) is 0 Å². The van der Waals surface area contributed by atoms with Crippen LogP contribution in [0.4, 0.5) is 0 Å². The van der Waals surface area contributed by atoms with Gasteiger partial charge < -0.3 is 10.2 Å². The van der Waals surface area contributed by atoms with Gasteiger partial charge in [-0.1, -0.05) is 26.7 Å². The standard InChI is InChI=1S/C14H29N3/c1-3-15-13-7-5-6-8-14(13)17-11-9-16(4-2)10-12-17/h13-15H,3-12H2,1-2H3. The summed E-state index contributed by atoms with van der Waals surface area (Å²) in [5, 5.41) is 3.70. The zero-order valence-corrected chi connectivity index (χ0v) is 11.6. The molecule has 2 rings (SSSR count). The average Bonchev–Trinajstić information content (AvgIpc) is 2.40. The lowest BCUT2D eigenvalue weighted by Gasteiger charge is -2.44. The average molecular weight is 239 g/mol. The van der Waals surface area contributed by atoms with Crippen LogP contribution in [0.2, 0.25) is 0 Å². The molecule has 0 spiro atoms. The van der Waals surface area contributed by atoms with Gasteiger partial charge in [0.1, 0.15) is 0 Å². The fourth-order valence-electron chi connectivity index (χ4n) is 3.46. The summed E-state index contributed by atoms with van der Waals surface area (Å²) >= 11 is 0. The molecule has 2 aliphatic rings. The number of piperazine rings is 1. The molecule has 0 amide bonds. The lowest BCUT2D eigenvalue weighted by molar-refractivity contribution is 0.0639. The van der Waals surface area contributed by atoms with Gasteiger partial charge in [-0.05, 0) is 25.9 Å². The number of nitrogens with zero attached hydrogens (tertiary/aromatic N) is 2. The minimum Gasteiger partial charge on any atom is -0.313 e. The van der Waals surface area contributed by atoms with Crippen molar-refractivity contribution in [2.45, 2.75) is 51.6 Å². The Morgan fingerprint density at radius 2 is 1.71 bits per heavy atom. The van der Waals surface area contributed by atoms with Crippen molar-refractivity contribution in [2.75, 3.05) is 39.3 Å². The zero-order valence-electron chi connectivity index (χ0n) is 11.6. The second kappa shape index (κ2) is 6.72. The van der Waals surface area contributed by atoms with E-state index in [2.05, 4.69) is 29.0 Å². The Labute approximate surface area is 107 Å². The highest BCUT2D eigenvalue weighted by Gasteiger charge is 2.31. The van der Waals surface area contributed by atoms with Gasteiger partial charge >= 0.3 is 0 Å². The Balaban J connectivity index is 1.86. The number of rotatable bonds is 4. The van der Waals surface area contributed by atoms with Gasteiger partial charge in [-0.15, -0.1) is 0 Å². The first-order valence-corrected chi connectivity index (χ1v) is 7.55. The second-order valence-corrected chi connectivity index (χ2v) is 5.49. The van der Waals surface area contributed by atoms with Crippen LogP contribution >= 0.6 is 0 Å². The van der Waals surface area contributed by atoms with Gasteiger partial charge in [0.15, 0.2) is 0 Å². The molecule has 1 saturated carbocycles. The summed E-state index contributed by atoms with van der Waals surface area (Å²) in [5.41, 5.74) is 0. The Morgan fingerprint density at radius 1 is 1.00 bits per heavy atom. The van der Waals surface area contributed by atoms with Gasteiger partial charge in [-0.3, -0.25) is 4.90 Å². The summed E-state index contributed by atoms with van der Waals surface area (Å²) in [7, 11) is 0. The van der Waals surface area contributed by atoms with Crippen molar-refractivity contribution in [3.8, 4) is 0 Å². The minimum absolute atomic E-state index is 0.752. The van der Waals surface area contributed by atoms with Gasteiger partial charge in [0.2, 0.25) is 0 Å². The molecule has 1 aliphatic carbocycles. The molecule has 0 bridgehead atoms. The third-order valence-corrected chi connectivity index (χ3v) is 4.52. The zero-order chi connectivity index (χ0) is 12.1. The third-order valence-electron chi connectivity index (χ3n) is 4.52. The van der Waals surface area contributed by atoms with E-state index >= 15 is 0 Å². The van der Waals surface area contributed by atoms with Crippen LogP contribution in [0.15, 0.2) is 0 Å². The molecule has 3 heteroatoms. The molecule has 1 heterocycles. The molecule has 1 N–H and O–H groups in total. The highest BCUT2D eigenvalue weighted by atomic mass is 15.3. The lowest BCUT2D eigenvalue weighted by Crippen LogP contribution is -2.57.